The van der Waals surface area contributed by atoms with E-state index in [4.69, 9.17) is 16.3 Å². The number of halogens is 1. The van der Waals surface area contributed by atoms with Gasteiger partial charge in [-0.15, -0.1) is 0 Å². The standard InChI is InChI=1S/C19H22ClN3O2/c20-17-6-3-15(4-7-17)5-8-18(24)22-14-16-2-1-9-21-19(16)23-10-12-25-13-11-23/h1-4,6-7,9H,5,8,10-14H2,(H,22,24). The van der Waals surface area contributed by atoms with Gasteiger partial charge >= 0.3 is 0 Å². The average molecular weight is 360 g/mol. The first-order valence-electron chi connectivity index (χ1n) is 8.50. The molecule has 3 rings (SSSR count). The van der Waals surface area contributed by atoms with Crippen LogP contribution in [0, 0.1) is 0 Å². The highest BCUT2D eigenvalue weighted by molar-refractivity contribution is 6.30. The summed E-state index contributed by atoms with van der Waals surface area (Å²) in [6.45, 7) is 3.57. The van der Waals surface area contributed by atoms with E-state index in [0.29, 0.717) is 37.6 Å². The topological polar surface area (TPSA) is 54.5 Å². The zero-order valence-electron chi connectivity index (χ0n) is 14.1. The summed E-state index contributed by atoms with van der Waals surface area (Å²) in [5, 5.41) is 3.71. The number of carbonyl (C=O) groups excluding carboxylic acids is 1. The van der Waals surface area contributed by atoms with Crippen LogP contribution in [0.2, 0.25) is 5.02 Å². The van der Waals surface area contributed by atoms with Gasteiger partial charge in [-0.05, 0) is 30.2 Å². The van der Waals surface area contributed by atoms with Crippen LogP contribution in [0.5, 0.6) is 0 Å². The van der Waals surface area contributed by atoms with Crippen LogP contribution in [-0.2, 0) is 22.5 Å². The molecule has 1 aromatic carbocycles. The molecule has 0 atom stereocenters. The normalized spacial score (nSPS) is 14.4. The maximum atomic E-state index is 12.2. The van der Waals surface area contributed by atoms with Crippen LogP contribution in [0.4, 0.5) is 5.82 Å². The molecule has 1 fully saturated rings. The molecule has 1 amide bonds. The Kier molecular flexibility index (Phi) is 6.25. The summed E-state index contributed by atoms with van der Waals surface area (Å²) in [6, 6.07) is 11.5. The number of morpholine rings is 1. The van der Waals surface area contributed by atoms with Crippen molar-refractivity contribution in [1.29, 1.82) is 0 Å². The zero-order chi connectivity index (χ0) is 17.5. The maximum Gasteiger partial charge on any atom is 0.220 e. The number of pyridine rings is 1. The minimum Gasteiger partial charge on any atom is -0.378 e. The van der Waals surface area contributed by atoms with E-state index < -0.39 is 0 Å². The molecule has 2 heterocycles. The molecule has 1 aliphatic rings. The number of aromatic nitrogens is 1. The van der Waals surface area contributed by atoms with E-state index in [2.05, 4.69) is 15.2 Å². The van der Waals surface area contributed by atoms with Gasteiger partial charge < -0.3 is 15.0 Å². The van der Waals surface area contributed by atoms with E-state index in [9.17, 15) is 4.79 Å². The molecule has 0 radical (unpaired) electrons. The molecule has 1 saturated heterocycles. The SMILES string of the molecule is O=C(CCc1ccc(Cl)cc1)NCc1cccnc1N1CCOCC1. The molecule has 0 unspecified atom stereocenters. The van der Waals surface area contributed by atoms with Crippen LogP contribution < -0.4 is 10.2 Å². The Bertz CT molecular complexity index is 700. The van der Waals surface area contributed by atoms with Crippen LogP contribution in [-0.4, -0.2) is 37.2 Å². The Morgan fingerprint density at radius 1 is 1.20 bits per heavy atom. The number of hydrogen-bond acceptors (Lipinski definition) is 4. The highest BCUT2D eigenvalue weighted by Crippen LogP contribution is 2.18. The lowest BCUT2D eigenvalue weighted by Crippen LogP contribution is -2.37. The van der Waals surface area contributed by atoms with Crippen molar-refractivity contribution in [2.45, 2.75) is 19.4 Å². The summed E-state index contributed by atoms with van der Waals surface area (Å²) in [5.41, 5.74) is 2.14. The van der Waals surface area contributed by atoms with Gasteiger partial charge in [0.25, 0.3) is 0 Å². The van der Waals surface area contributed by atoms with E-state index in [1.54, 1.807) is 6.20 Å². The number of amides is 1. The van der Waals surface area contributed by atoms with Crippen molar-refractivity contribution < 1.29 is 9.53 Å². The van der Waals surface area contributed by atoms with Crippen molar-refractivity contribution >= 4 is 23.3 Å². The number of hydrogen-bond donors (Lipinski definition) is 1. The number of carbonyl (C=O) groups is 1. The third-order valence-corrected chi connectivity index (χ3v) is 4.46. The van der Waals surface area contributed by atoms with Gasteiger partial charge in [-0.1, -0.05) is 29.8 Å². The van der Waals surface area contributed by atoms with Crippen LogP contribution in [0.3, 0.4) is 0 Å². The van der Waals surface area contributed by atoms with Gasteiger partial charge in [0.15, 0.2) is 0 Å². The lowest BCUT2D eigenvalue weighted by atomic mass is 10.1. The van der Waals surface area contributed by atoms with Crippen molar-refractivity contribution in [2.24, 2.45) is 0 Å². The highest BCUT2D eigenvalue weighted by atomic mass is 35.5. The van der Waals surface area contributed by atoms with Gasteiger partial charge in [-0.2, -0.15) is 0 Å². The number of nitrogens with one attached hydrogen (secondary N) is 1. The van der Waals surface area contributed by atoms with E-state index in [1.165, 1.54) is 0 Å². The first-order chi connectivity index (χ1) is 12.2. The monoisotopic (exact) mass is 359 g/mol. The molecule has 2 aromatic rings. The molecule has 6 heteroatoms. The fourth-order valence-corrected chi connectivity index (χ4v) is 2.95. The second-order valence-electron chi connectivity index (χ2n) is 5.99. The largest absolute Gasteiger partial charge is 0.378 e. The Morgan fingerprint density at radius 2 is 1.96 bits per heavy atom. The molecule has 1 aliphatic heterocycles. The molecule has 5 nitrogen and oxygen atoms in total. The molecule has 1 aromatic heterocycles. The first-order valence-corrected chi connectivity index (χ1v) is 8.88. The van der Waals surface area contributed by atoms with E-state index in [0.717, 1.165) is 30.0 Å². The van der Waals surface area contributed by atoms with Gasteiger partial charge in [0.2, 0.25) is 5.91 Å². The Hall–Kier alpha value is -2.11. The minimum atomic E-state index is 0.0340. The third-order valence-electron chi connectivity index (χ3n) is 4.21. The minimum absolute atomic E-state index is 0.0340. The fraction of sp³-hybridized carbons (Fsp3) is 0.368. The zero-order valence-corrected chi connectivity index (χ0v) is 14.8. The summed E-state index contributed by atoms with van der Waals surface area (Å²) in [7, 11) is 0. The predicted molar refractivity (Wildman–Crippen MR) is 98.9 cm³/mol. The third kappa shape index (κ3) is 5.18. The summed E-state index contributed by atoms with van der Waals surface area (Å²) in [5.74, 6) is 0.968. The van der Waals surface area contributed by atoms with Gasteiger partial charge in [-0.25, -0.2) is 4.98 Å². The number of anilines is 1. The van der Waals surface area contributed by atoms with Crippen LogP contribution in [0.25, 0.3) is 0 Å². The molecule has 0 saturated carbocycles. The average Bonchev–Trinajstić information content (AvgIpc) is 2.67. The molecule has 0 spiro atoms. The Balaban J connectivity index is 1.52. The number of nitrogens with zero attached hydrogens (tertiary/aromatic N) is 2. The predicted octanol–water partition coefficient (Wildman–Crippen LogP) is 2.82. The second kappa shape index (κ2) is 8.83. The van der Waals surface area contributed by atoms with Crippen molar-refractivity contribution in [3.8, 4) is 0 Å². The molecular weight excluding hydrogens is 338 g/mol. The summed E-state index contributed by atoms with van der Waals surface area (Å²) in [4.78, 5) is 18.8. The lowest BCUT2D eigenvalue weighted by Gasteiger charge is -2.29. The van der Waals surface area contributed by atoms with E-state index in [1.807, 2.05) is 36.4 Å². The van der Waals surface area contributed by atoms with Gasteiger partial charge in [-0.3, -0.25) is 4.79 Å². The quantitative estimate of drug-likeness (QED) is 0.861. The van der Waals surface area contributed by atoms with Crippen molar-refractivity contribution in [3.05, 3.63) is 58.7 Å². The smallest absolute Gasteiger partial charge is 0.220 e. The fourth-order valence-electron chi connectivity index (χ4n) is 2.82. The van der Waals surface area contributed by atoms with Crippen molar-refractivity contribution in [1.82, 2.24) is 10.3 Å². The van der Waals surface area contributed by atoms with E-state index >= 15 is 0 Å². The molecule has 0 bridgehead atoms. The first kappa shape index (κ1) is 17.7. The lowest BCUT2D eigenvalue weighted by molar-refractivity contribution is -0.121. The second-order valence-corrected chi connectivity index (χ2v) is 6.43. The highest BCUT2D eigenvalue weighted by Gasteiger charge is 2.16. The molecule has 0 aliphatic carbocycles. The summed E-state index contributed by atoms with van der Waals surface area (Å²) in [6.07, 6.45) is 2.94. The van der Waals surface area contributed by atoms with Crippen LogP contribution >= 0.6 is 11.6 Å². The van der Waals surface area contributed by atoms with Crippen LogP contribution in [0.1, 0.15) is 17.5 Å². The number of benzene rings is 1. The number of aryl methyl sites for hydroxylation is 1. The van der Waals surface area contributed by atoms with Gasteiger partial charge in [0.05, 0.1) is 13.2 Å². The maximum absolute atomic E-state index is 12.2. The number of ether oxygens (including phenoxy) is 1. The van der Waals surface area contributed by atoms with E-state index in [-0.39, 0.29) is 5.91 Å². The van der Waals surface area contributed by atoms with Crippen LogP contribution in [0.15, 0.2) is 42.6 Å². The van der Waals surface area contributed by atoms with Gasteiger partial charge in [0.1, 0.15) is 5.82 Å². The Labute approximate surface area is 153 Å². The van der Waals surface area contributed by atoms with Crippen molar-refractivity contribution in [3.63, 3.8) is 0 Å². The Morgan fingerprint density at radius 3 is 2.72 bits per heavy atom. The summed E-state index contributed by atoms with van der Waals surface area (Å²) >= 11 is 5.87. The molecule has 25 heavy (non-hydrogen) atoms. The number of rotatable bonds is 6. The summed E-state index contributed by atoms with van der Waals surface area (Å²) < 4.78 is 5.39. The van der Waals surface area contributed by atoms with Gasteiger partial charge in [0, 0.05) is 42.8 Å². The molecule has 132 valence electrons. The molecular formula is C19H22ClN3O2. The van der Waals surface area contributed by atoms with Crippen molar-refractivity contribution in [2.75, 3.05) is 31.2 Å². The molecule has 1 N–H and O–H groups in total.